The highest BCUT2D eigenvalue weighted by Gasteiger charge is 2.28. The Kier molecular flexibility index (Phi) is 11.8. The van der Waals surface area contributed by atoms with Gasteiger partial charge in [0.15, 0.2) is 0 Å². The van der Waals surface area contributed by atoms with E-state index in [1.54, 1.807) is 12.1 Å². The van der Waals surface area contributed by atoms with Crippen LogP contribution in [0.25, 0.3) is 0 Å². The van der Waals surface area contributed by atoms with Crippen LogP contribution in [0.5, 0.6) is 5.75 Å². The first-order valence-corrected chi connectivity index (χ1v) is 16.1. The van der Waals surface area contributed by atoms with Crippen molar-refractivity contribution in [2.24, 2.45) is 11.8 Å². The SMILES string of the molecule is COc1ccc(S(=O)(=O)NCC(O)C(Cc2ccccc2)NC(=O)C(C)CS(C)(=O)=O)c(CCC(C)C)c1. The maximum absolute atomic E-state index is 13.3. The van der Waals surface area contributed by atoms with Gasteiger partial charge in [-0.15, -0.1) is 0 Å². The lowest BCUT2D eigenvalue weighted by Gasteiger charge is -2.26. The quantitative estimate of drug-likeness (QED) is 0.300. The molecular formula is C27H40N2O7S2. The molecule has 38 heavy (non-hydrogen) atoms. The first-order valence-electron chi connectivity index (χ1n) is 12.6. The molecular weight excluding hydrogens is 528 g/mol. The van der Waals surface area contributed by atoms with E-state index in [0.717, 1.165) is 18.2 Å². The van der Waals surface area contributed by atoms with Gasteiger partial charge in [0.25, 0.3) is 0 Å². The Morgan fingerprint density at radius 2 is 1.68 bits per heavy atom. The van der Waals surface area contributed by atoms with Crippen LogP contribution >= 0.6 is 0 Å². The van der Waals surface area contributed by atoms with Gasteiger partial charge in [0, 0.05) is 18.7 Å². The van der Waals surface area contributed by atoms with Gasteiger partial charge in [-0.3, -0.25) is 4.79 Å². The highest BCUT2D eigenvalue weighted by molar-refractivity contribution is 7.90. The molecule has 0 bridgehead atoms. The minimum atomic E-state index is -3.99. The molecule has 0 radical (unpaired) electrons. The summed E-state index contributed by atoms with van der Waals surface area (Å²) in [5.74, 6) is -0.786. The molecule has 0 spiro atoms. The Bertz CT molecular complexity index is 1260. The van der Waals surface area contributed by atoms with E-state index in [9.17, 15) is 26.7 Å². The van der Waals surface area contributed by atoms with Gasteiger partial charge in [-0.1, -0.05) is 51.1 Å². The third-order valence-corrected chi connectivity index (χ3v) is 8.75. The molecule has 212 valence electrons. The fourth-order valence-corrected chi connectivity index (χ4v) is 6.36. The Morgan fingerprint density at radius 1 is 1.03 bits per heavy atom. The number of ether oxygens (including phenoxy) is 1. The summed E-state index contributed by atoms with van der Waals surface area (Å²) in [6, 6.07) is 13.0. The van der Waals surface area contributed by atoms with Crippen LogP contribution in [0, 0.1) is 11.8 Å². The van der Waals surface area contributed by atoms with Gasteiger partial charge < -0.3 is 15.2 Å². The van der Waals surface area contributed by atoms with Crippen LogP contribution in [-0.2, 0) is 37.5 Å². The monoisotopic (exact) mass is 568 g/mol. The third-order valence-electron chi connectivity index (χ3n) is 6.12. The van der Waals surface area contributed by atoms with Crippen molar-refractivity contribution in [3.8, 4) is 5.75 Å². The van der Waals surface area contributed by atoms with E-state index in [1.165, 1.54) is 20.1 Å². The number of carbonyl (C=O) groups is 1. The number of aliphatic hydroxyl groups is 1. The first-order chi connectivity index (χ1) is 17.7. The number of aliphatic hydroxyl groups excluding tert-OH is 1. The minimum Gasteiger partial charge on any atom is -0.497 e. The first kappa shape index (κ1) is 31.7. The van der Waals surface area contributed by atoms with E-state index in [0.29, 0.717) is 23.7 Å². The molecule has 0 saturated carbocycles. The van der Waals surface area contributed by atoms with Crippen LogP contribution in [-0.4, -0.2) is 65.7 Å². The predicted molar refractivity (Wildman–Crippen MR) is 148 cm³/mol. The van der Waals surface area contributed by atoms with Gasteiger partial charge in [-0.25, -0.2) is 21.6 Å². The molecule has 3 unspecified atom stereocenters. The number of sulfonamides is 1. The Hall–Kier alpha value is -2.47. The average Bonchev–Trinajstić information content (AvgIpc) is 2.84. The van der Waals surface area contributed by atoms with Gasteiger partial charge in [-0.2, -0.15) is 0 Å². The van der Waals surface area contributed by atoms with E-state index in [1.807, 2.05) is 30.3 Å². The van der Waals surface area contributed by atoms with Gasteiger partial charge in [0.1, 0.15) is 15.6 Å². The van der Waals surface area contributed by atoms with Crippen molar-refractivity contribution in [2.45, 2.75) is 57.1 Å². The summed E-state index contributed by atoms with van der Waals surface area (Å²) in [7, 11) is -5.86. The topological polar surface area (TPSA) is 139 Å². The van der Waals surface area contributed by atoms with Gasteiger partial charge >= 0.3 is 0 Å². The Morgan fingerprint density at radius 3 is 2.26 bits per heavy atom. The van der Waals surface area contributed by atoms with E-state index in [2.05, 4.69) is 23.9 Å². The van der Waals surface area contributed by atoms with Crippen LogP contribution < -0.4 is 14.8 Å². The Labute approximate surface area is 227 Å². The number of sulfone groups is 1. The average molecular weight is 569 g/mol. The summed E-state index contributed by atoms with van der Waals surface area (Å²) in [4.78, 5) is 12.9. The van der Waals surface area contributed by atoms with Crippen LogP contribution in [0.15, 0.2) is 53.4 Å². The molecule has 0 aromatic heterocycles. The van der Waals surface area contributed by atoms with Crippen LogP contribution in [0.4, 0.5) is 0 Å². The molecule has 0 saturated heterocycles. The number of aryl methyl sites for hydroxylation is 1. The fourth-order valence-electron chi connectivity index (χ4n) is 4.01. The number of benzene rings is 2. The number of methoxy groups -OCH3 is 1. The van der Waals surface area contributed by atoms with Gasteiger partial charge in [-0.05, 0) is 54.5 Å². The highest BCUT2D eigenvalue weighted by Crippen LogP contribution is 2.24. The van der Waals surface area contributed by atoms with Crippen molar-refractivity contribution in [2.75, 3.05) is 25.7 Å². The summed E-state index contributed by atoms with van der Waals surface area (Å²) < 4.78 is 57.5. The molecule has 2 aromatic carbocycles. The molecule has 1 amide bonds. The molecule has 0 aliphatic heterocycles. The van der Waals surface area contributed by atoms with Crippen molar-refractivity contribution in [3.63, 3.8) is 0 Å². The van der Waals surface area contributed by atoms with Crippen molar-refractivity contribution >= 4 is 25.8 Å². The summed E-state index contributed by atoms with van der Waals surface area (Å²) >= 11 is 0. The third kappa shape index (κ3) is 10.4. The van der Waals surface area contributed by atoms with Crippen LogP contribution in [0.3, 0.4) is 0 Å². The standard InChI is InChI=1S/C27H40N2O7S2/c1-19(2)11-12-22-16-23(36-4)13-14-26(22)38(34,35)28-17-25(30)24(15-21-9-7-6-8-10-21)29-27(31)20(3)18-37(5,32)33/h6-10,13-14,16,19-20,24-25,28,30H,11-12,15,17-18H2,1-5H3,(H,29,31). The molecule has 2 rings (SSSR count). The molecule has 9 nitrogen and oxygen atoms in total. The zero-order chi connectivity index (χ0) is 28.5. The van der Waals surface area contributed by atoms with E-state index in [4.69, 9.17) is 4.74 Å². The molecule has 0 aliphatic rings. The lowest BCUT2D eigenvalue weighted by atomic mass is 10.0. The molecule has 2 aromatic rings. The molecule has 3 atom stereocenters. The largest absolute Gasteiger partial charge is 0.497 e. The molecule has 0 heterocycles. The summed E-state index contributed by atoms with van der Waals surface area (Å²) in [6.07, 6.45) is 1.32. The highest BCUT2D eigenvalue weighted by atomic mass is 32.2. The van der Waals surface area contributed by atoms with Crippen molar-refractivity contribution in [1.82, 2.24) is 10.0 Å². The second-order valence-electron chi connectivity index (χ2n) is 10.1. The Balaban J connectivity index is 2.23. The van der Waals surface area contributed by atoms with Crippen molar-refractivity contribution in [1.29, 1.82) is 0 Å². The maximum atomic E-state index is 13.3. The van der Waals surface area contributed by atoms with Gasteiger partial charge in [0.05, 0.1) is 29.9 Å². The van der Waals surface area contributed by atoms with E-state index < -0.39 is 43.8 Å². The normalized spacial score (nSPS) is 14.6. The number of hydrogen-bond acceptors (Lipinski definition) is 7. The van der Waals surface area contributed by atoms with Crippen LogP contribution in [0.1, 0.15) is 38.3 Å². The minimum absolute atomic E-state index is 0.108. The van der Waals surface area contributed by atoms with E-state index >= 15 is 0 Å². The number of hydrogen-bond donors (Lipinski definition) is 3. The lowest BCUT2D eigenvalue weighted by Crippen LogP contribution is -2.51. The number of carbonyl (C=O) groups excluding carboxylic acids is 1. The zero-order valence-electron chi connectivity index (χ0n) is 22.7. The predicted octanol–water partition coefficient (Wildman–Crippen LogP) is 2.33. The summed E-state index contributed by atoms with van der Waals surface area (Å²) in [6.45, 7) is 5.26. The smallest absolute Gasteiger partial charge is 0.240 e. The van der Waals surface area contributed by atoms with Gasteiger partial charge in [0.2, 0.25) is 15.9 Å². The summed E-state index contributed by atoms with van der Waals surface area (Å²) in [5, 5.41) is 13.7. The zero-order valence-corrected chi connectivity index (χ0v) is 24.3. The number of rotatable bonds is 15. The molecule has 3 N–H and O–H groups in total. The second kappa shape index (κ2) is 14.1. The maximum Gasteiger partial charge on any atom is 0.240 e. The molecule has 0 fully saturated rings. The molecule has 0 aliphatic carbocycles. The number of amides is 1. The van der Waals surface area contributed by atoms with Crippen molar-refractivity contribution < 1.29 is 31.5 Å². The lowest BCUT2D eigenvalue weighted by molar-refractivity contribution is -0.125. The molecule has 11 heteroatoms. The second-order valence-corrected chi connectivity index (χ2v) is 14.0. The van der Waals surface area contributed by atoms with Crippen molar-refractivity contribution in [3.05, 3.63) is 59.7 Å². The number of nitrogens with one attached hydrogen (secondary N) is 2. The summed E-state index contributed by atoms with van der Waals surface area (Å²) in [5.41, 5.74) is 1.44. The fraction of sp³-hybridized carbons (Fsp3) is 0.519. The van der Waals surface area contributed by atoms with Crippen LogP contribution in [0.2, 0.25) is 0 Å². The van der Waals surface area contributed by atoms with E-state index in [-0.39, 0.29) is 23.6 Å².